The Labute approximate surface area is 69.3 Å². The number of halogens is 1. The first kappa shape index (κ1) is 10.0. The van der Waals surface area contributed by atoms with Crippen LogP contribution in [-0.2, 0) is 4.79 Å². The van der Waals surface area contributed by atoms with Gasteiger partial charge in [-0.05, 0) is 0 Å². The molecule has 64 valence electrons. The number of rotatable bonds is 4. The summed E-state index contributed by atoms with van der Waals surface area (Å²) in [6.07, 6.45) is 0. The molecule has 0 aliphatic carbocycles. The van der Waals surface area contributed by atoms with Gasteiger partial charge in [-0.25, -0.2) is 4.79 Å². The number of alkyl halides is 1. The second-order valence-electron chi connectivity index (χ2n) is 1.77. The molecule has 0 fully saturated rings. The molecule has 0 atom stereocenters. The maximum Gasteiger partial charge on any atom is 0.312 e. The predicted molar refractivity (Wildman–Crippen MR) is 41.3 cm³/mol. The molecule has 0 aliphatic heterocycles. The molecule has 0 saturated carbocycles. The first-order valence-corrected chi connectivity index (χ1v) is 3.56. The van der Waals surface area contributed by atoms with Crippen LogP contribution in [0.25, 0.3) is 0 Å². The number of nitrogens with two attached hydrogens (primary N) is 1. The Bertz CT molecular complexity index is 151. The normalized spacial score (nSPS) is 8.82. The topological polar surface area (TPSA) is 84.2 Å². The van der Waals surface area contributed by atoms with Crippen molar-refractivity contribution in [3.8, 4) is 0 Å². The van der Waals surface area contributed by atoms with E-state index in [4.69, 9.17) is 17.3 Å². The lowest BCUT2D eigenvalue weighted by atomic mass is 10.6. The molecule has 0 aromatic carbocycles. The number of urea groups is 1. The summed E-state index contributed by atoms with van der Waals surface area (Å²) in [5.74, 6) is -0.339. The van der Waals surface area contributed by atoms with Crippen LogP contribution >= 0.6 is 11.6 Å². The van der Waals surface area contributed by atoms with E-state index in [1.54, 1.807) is 0 Å². The van der Waals surface area contributed by atoms with Crippen LogP contribution in [0.2, 0.25) is 0 Å². The zero-order chi connectivity index (χ0) is 8.69. The van der Waals surface area contributed by atoms with Crippen molar-refractivity contribution >= 4 is 23.5 Å². The van der Waals surface area contributed by atoms with Crippen LogP contribution in [-0.4, -0.2) is 30.9 Å². The standard InChI is InChI=1S/C5H10ClN3O2/c6-3-4(10)8-1-2-9-5(7)11/h1-3H2,(H,8,10)(H3,7,9,11). The lowest BCUT2D eigenvalue weighted by Gasteiger charge is -2.02. The van der Waals surface area contributed by atoms with Crippen molar-refractivity contribution in [2.75, 3.05) is 19.0 Å². The van der Waals surface area contributed by atoms with Gasteiger partial charge in [-0.15, -0.1) is 11.6 Å². The molecule has 0 rings (SSSR count). The highest BCUT2D eigenvalue weighted by Gasteiger charge is 1.96. The van der Waals surface area contributed by atoms with E-state index < -0.39 is 6.03 Å². The first-order valence-electron chi connectivity index (χ1n) is 3.02. The number of carbonyl (C=O) groups is 2. The molecule has 0 saturated heterocycles. The van der Waals surface area contributed by atoms with Crippen LogP contribution in [0.5, 0.6) is 0 Å². The van der Waals surface area contributed by atoms with Gasteiger partial charge in [0.1, 0.15) is 5.88 Å². The van der Waals surface area contributed by atoms with Crippen molar-refractivity contribution in [1.29, 1.82) is 0 Å². The van der Waals surface area contributed by atoms with Gasteiger partial charge in [0.15, 0.2) is 0 Å². The van der Waals surface area contributed by atoms with Crippen molar-refractivity contribution < 1.29 is 9.59 Å². The lowest BCUT2D eigenvalue weighted by Crippen LogP contribution is -2.37. The minimum Gasteiger partial charge on any atom is -0.353 e. The van der Waals surface area contributed by atoms with Crippen molar-refractivity contribution in [2.45, 2.75) is 0 Å². The van der Waals surface area contributed by atoms with Crippen LogP contribution in [0, 0.1) is 0 Å². The molecule has 0 spiro atoms. The third kappa shape index (κ3) is 6.92. The molecular formula is C5H10ClN3O2. The maximum absolute atomic E-state index is 10.5. The minimum atomic E-state index is -0.606. The van der Waals surface area contributed by atoms with Crippen LogP contribution in [0.1, 0.15) is 0 Å². The summed E-state index contributed by atoms with van der Waals surface area (Å²) in [6, 6.07) is -0.606. The van der Waals surface area contributed by atoms with Gasteiger partial charge in [-0.2, -0.15) is 0 Å². The third-order valence-electron chi connectivity index (χ3n) is 0.868. The second-order valence-corrected chi connectivity index (χ2v) is 2.04. The Morgan fingerprint density at radius 3 is 2.27 bits per heavy atom. The quantitative estimate of drug-likeness (QED) is 0.383. The smallest absolute Gasteiger partial charge is 0.312 e. The summed E-state index contributed by atoms with van der Waals surface area (Å²) in [5, 5.41) is 4.75. The summed E-state index contributed by atoms with van der Waals surface area (Å²) in [5.41, 5.74) is 4.75. The molecular weight excluding hydrogens is 170 g/mol. The van der Waals surface area contributed by atoms with Crippen molar-refractivity contribution in [1.82, 2.24) is 10.6 Å². The van der Waals surface area contributed by atoms with Gasteiger partial charge in [0, 0.05) is 13.1 Å². The zero-order valence-corrected chi connectivity index (χ0v) is 6.65. The summed E-state index contributed by atoms with van der Waals surface area (Å²) < 4.78 is 0. The number of primary amides is 1. The fourth-order valence-electron chi connectivity index (χ4n) is 0.435. The average Bonchev–Trinajstić information content (AvgIpc) is 1.97. The molecule has 0 unspecified atom stereocenters. The summed E-state index contributed by atoms with van der Waals surface area (Å²) in [7, 11) is 0. The molecule has 6 heteroatoms. The van der Waals surface area contributed by atoms with Gasteiger partial charge in [0.2, 0.25) is 5.91 Å². The van der Waals surface area contributed by atoms with Crippen LogP contribution in [0.4, 0.5) is 4.79 Å². The third-order valence-corrected chi connectivity index (χ3v) is 1.11. The van der Waals surface area contributed by atoms with Gasteiger partial charge in [-0.3, -0.25) is 4.79 Å². The van der Waals surface area contributed by atoms with E-state index in [-0.39, 0.29) is 11.8 Å². The predicted octanol–water partition coefficient (Wildman–Crippen LogP) is -0.990. The first-order chi connectivity index (χ1) is 5.16. The Kier molecular flexibility index (Phi) is 5.28. The van der Waals surface area contributed by atoms with Crippen LogP contribution in [0.3, 0.4) is 0 Å². The SMILES string of the molecule is NC(=O)NCCNC(=O)CCl. The van der Waals surface area contributed by atoms with Gasteiger partial charge in [-0.1, -0.05) is 0 Å². The molecule has 0 aliphatic rings. The number of carbonyl (C=O) groups excluding carboxylic acids is 2. The number of hydrogen-bond acceptors (Lipinski definition) is 2. The van der Waals surface area contributed by atoms with Gasteiger partial charge in [0.25, 0.3) is 0 Å². The molecule has 0 heterocycles. The molecule has 5 nitrogen and oxygen atoms in total. The fraction of sp³-hybridized carbons (Fsp3) is 0.600. The Balaban J connectivity index is 3.14. The van der Waals surface area contributed by atoms with Crippen molar-refractivity contribution in [3.05, 3.63) is 0 Å². The van der Waals surface area contributed by atoms with E-state index in [0.29, 0.717) is 13.1 Å². The highest BCUT2D eigenvalue weighted by Crippen LogP contribution is 1.72. The fourth-order valence-corrected chi connectivity index (χ4v) is 0.529. The molecule has 0 aromatic heterocycles. The summed E-state index contributed by atoms with van der Waals surface area (Å²) >= 11 is 5.17. The second kappa shape index (κ2) is 5.79. The van der Waals surface area contributed by atoms with E-state index in [0.717, 1.165) is 0 Å². The maximum atomic E-state index is 10.5. The molecule has 4 N–H and O–H groups in total. The summed E-state index contributed by atoms with van der Waals surface area (Å²) in [6.45, 7) is 0.659. The Hall–Kier alpha value is -0.970. The van der Waals surface area contributed by atoms with E-state index >= 15 is 0 Å². The van der Waals surface area contributed by atoms with Gasteiger partial charge >= 0.3 is 6.03 Å². The van der Waals surface area contributed by atoms with Gasteiger partial charge in [0.05, 0.1) is 0 Å². The molecule has 3 amide bonds. The van der Waals surface area contributed by atoms with E-state index in [2.05, 4.69) is 10.6 Å². The van der Waals surface area contributed by atoms with E-state index in [1.807, 2.05) is 0 Å². The van der Waals surface area contributed by atoms with E-state index in [1.165, 1.54) is 0 Å². The van der Waals surface area contributed by atoms with Crippen molar-refractivity contribution in [2.24, 2.45) is 5.73 Å². The Morgan fingerprint density at radius 2 is 1.82 bits per heavy atom. The molecule has 0 bridgehead atoms. The average molecular weight is 180 g/mol. The lowest BCUT2D eigenvalue weighted by molar-refractivity contribution is -0.118. The number of hydrogen-bond donors (Lipinski definition) is 3. The number of amides is 3. The minimum absolute atomic E-state index is 0.0728. The highest BCUT2D eigenvalue weighted by molar-refractivity contribution is 6.27. The van der Waals surface area contributed by atoms with E-state index in [9.17, 15) is 9.59 Å². The van der Waals surface area contributed by atoms with Crippen LogP contribution < -0.4 is 16.4 Å². The largest absolute Gasteiger partial charge is 0.353 e. The van der Waals surface area contributed by atoms with Crippen molar-refractivity contribution in [3.63, 3.8) is 0 Å². The monoisotopic (exact) mass is 179 g/mol. The molecule has 11 heavy (non-hydrogen) atoms. The highest BCUT2D eigenvalue weighted by atomic mass is 35.5. The van der Waals surface area contributed by atoms with Gasteiger partial charge < -0.3 is 16.4 Å². The Morgan fingerprint density at radius 1 is 1.27 bits per heavy atom. The summed E-state index contributed by atoms with van der Waals surface area (Å²) in [4.78, 5) is 20.6. The number of nitrogens with one attached hydrogen (secondary N) is 2. The molecule has 0 radical (unpaired) electrons. The van der Waals surface area contributed by atoms with Crippen LogP contribution in [0.15, 0.2) is 0 Å². The molecule has 0 aromatic rings. The zero-order valence-electron chi connectivity index (χ0n) is 5.89.